The Balaban J connectivity index is 1.32. The van der Waals surface area contributed by atoms with Gasteiger partial charge in [-0.25, -0.2) is 14.4 Å². The Morgan fingerprint density at radius 1 is 1.25 bits per heavy atom. The SMILES string of the molecule is Fc1cnc(N2CC3(CC(OCc4ccncc4)CCO3)C2)nc1. The Labute approximate surface area is 139 Å². The van der Waals surface area contributed by atoms with Crippen LogP contribution in [0.2, 0.25) is 0 Å². The highest BCUT2D eigenvalue weighted by molar-refractivity contribution is 5.37. The molecule has 24 heavy (non-hydrogen) atoms. The van der Waals surface area contributed by atoms with E-state index in [-0.39, 0.29) is 11.7 Å². The molecule has 1 spiro atoms. The van der Waals surface area contributed by atoms with Gasteiger partial charge in [-0.1, -0.05) is 0 Å². The third-order valence-corrected chi connectivity index (χ3v) is 4.53. The van der Waals surface area contributed by atoms with Crippen LogP contribution in [0.15, 0.2) is 36.9 Å². The molecule has 0 amide bonds. The van der Waals surface area contributed by atoms with E-state index in [0.717, 1.165) is 18.4 Å². The van der Waals surface area contributed by atoms with Gasteiger partial charge in [0.25, 0.3) is 0 Å². The van der Waals surface area contributed by atoms with E-state index in [9.17, 15) is 4.39 Å². The predicted molar refractivity (Wildman–Crippen MR) is 84.9 cm³/mol. The second kappa shape index (κ2) is 6.41. The van der Waals surface area contributed by atoms with Gasteiger partial charge in [-0.2, -0.15) is 0 Å². The largest absolute Gasteiger partial charge is 0.373 e. The van der Waals surface area contributed by atoms with Gasteiger partial charge in [-0.05, 0) is 24.1 Å². The number of halogens is 1. The van der Waals surface area contributed by atoms with Crippen LogP contribution in [0.4, 0.5) is 10.3 Å². The molecule has 2 aromatic heterocycles. The third-order valence-electron chi connectivity index (χ3n) is 4.53. The summed E-state index contributed by atoms with van der Waals surface area (Å²) in [5.74, 6) is 0.123. The van der Waals surface area contributed by atoms with Gasteiger partial charge in [-0.15, -0.1) is 0 Å². The van der Waals surface area contributed by atoms with Crippen LogP contribution in [0.3, 0.4) is 0 Å². The maximum atomic E-state index is 12.9. The molecule has 0 aliphatic carbocycles. The summed E-state index contributed by atoms with van der Waals surface area (Å²) < 4.78 is 25.0. The summed E-state index contributed by atoms with van der Waals surface area (Å²) in [5, 5.41) is 0. The van der Waals surface area contributed by atoms with Gasteiger partial charge in [0.2, 0.25) is 5.95 Å². The first-order valence-corrected chi connectivity index (χ1v) is 8.09. The van der Waals surface area contributed by atoms with E-state index in [1.54, 1.807) is 12.4 Å². The highest BCUT2D eigenvalue weighted by Crippen LogP contribution is 2.36. The van der Waals surface area contributed by atoms with Crippen molar-refractivity contribution in [2.45, 2.75) is 31.2 Å². The van der Waals surface area contributed by atoms with Gasteiger partial charge in [0.1, 0.15) is 5.60 Å². The van der Waals surface area contributed by atoms with E-state index in [2.05, 4.69) is 15.0 Å². The summed E-state index contributed by atoms with van der Waals surface area (Å²) in [5.41, 5.74) is 0.930. The summed E-state index contributed by atoms with van der Waals surface area (Å²) in [6.07, 6.45) is 7.87. The zero-order valence-corrected chi connectivity index (χ0v) is 13.3. The van der Waals surface area contributed by atoms with Crippen molar-refractivity contribution in [3.8, 4) is 0 Å². The second-order valence-electron chi connectivity index (χ2n) is 6.37. The van der Waals surface area contributed by atoms with Crippen molar-refractivity contribution in [1.82, 2.24) is 15.0 Å². The zero-order valence-electron chi connectivity index (χ0n) is 13.3. The van der Waals surface area contributed by atoms with Crippen LogP contribution in [0.1, 0.15) is 18.4 Å². The quantitative estimate of drug-likeness (QED) is 0.854. The number of pyridine rings is 1. The minimum atomic E-state index is -0.424. The van der Waals surface area contributed by atoms with E-state index >= 15 is 0 Å². The smallest absolute Gasteiger partial charge is 0.225 e. The second-order valence-corrected chi connectivity index (χ2v) is 6.37. The molecular formula is C17H19FN4O2. The van der Waals surface area contributed by atoms with Gasteiger partial charge in [0.05, 0.1) is 38.2 Å². The lowest BCUT2D eigenvalue weighted by molar-refractivity contribution is -0.148. The lowest BCUT2D eigenvalue weighted by Crippen LogP contribution is -2.66. The van der Waals surface area contributed by atoms with Crippen LogP contribution in [0, 0.1) is 5.82 Å². The van der Waals surface area contributed by atoms with E-state index in [4.69, 9.17) is 9.47 Å². The third kappa shape index (κ3) is 3.22. The fraction of sp³-hybridized carbons (Fsp3) is 0.471. The Morgan fingerprint density at radius 3 is 2.75 bits per heavy atom. The molecule has 0 saturated carbocycles. The van der Waals surface area contributed by atoms with Crippen molar-refractivity contribution < 1.29 is 13.9 Å². The number of ether oxygens (including phenoxy) is 2. The molecule has 126 valence electrons. The first-order chi connectivity index (χ1) is 11.7. The fourth-order valence-electron chi connectivity index (χ4n) is 3.30. The van der Waals surface area contributed by atoms with E-state index in [0.29, 0.717) is 32.3 Å². The van der Waals surface area contributed by atoms with E-state index in [1.807, 2.05) is 17.0 Å². The Morgan fingerprint density at radius 2 is 2.00 bits per heavy atom. The molecule has 2 aromatic rings. The predicted octanol–water partition coefficient (Wildman–Crippen LogP) is 1.97. The maximum Gasteiger partial charge on any atom is 0.225 e. The molecule has 0 radical (unpaired) electrons. The molecule has 2 saturated heterocycles. The normalized spacial score (nSPS) is 22.4. The number of hydrogen-bond acceptors (Lipinski definition) is 6. The van der Waals surface area contributed by atoms with Crippen molar-refractivity contribution in [1.29, 1.82) is 0 Å². The molecule has 4 heterocycles. The molecule has 1 unspecified atom stereocenters. The van der Waals surface area contributed by atoms with Gasteiger partial charge < -0.3 is 14.4 Å². The molecule has 6 nitrogen and oxygen atoms in total. The summed E-state index contributed by atoms with van der Waals surface area (Å²) >= 11 is 0. The molecule has 7 heteroatoms. The van der Waals surface area contributed by atoms with Crippen molar-refractivity contribution in [3.63, 3.8) is 0 Å². The molecule has 0 N–H and O–H groups in total. The Kier molecular flexibility index (Phi) is 4.12. The van der Waals surface area contributed by atoms with Crippen LogP contribution in [-0.4, -0.2) is 46.4 Å². The zero-order chi connectivity index (χ0) is 16.4. The van der Waals surface area contributed by atoms with Gasteiger partial charge >= 0.3 is 0 Å². The average molecular weight is 330 g/mol. The Bertz CT molecular complexity index is 677. The van der Waals surface area contributed by atoms with Crippen LogP contribution in [0.5, 0.6) is 0 Å². The maximum absolute atomic E-state index is 12.9. The van der Waals surface area contributed by atoms with E-state index in [1.165, 1.54) is 12.4 Å². The summed E-state index contributed by atoms with van der Waals surface area (Å²) in [6.45, 7) is 2.72. The number of hydrogen-bond donors (Lipinski definition) is 0. The first-order valence-electron chi connectivity index (χ1n) is 8.09. The van der Waals surface area contributed by atoms with Crippen molar-refractivity contribution in [2.75, 3.05) is 24.6 Å². The van der Waals surface area contributed by atoms with Gasteiger partial charge in [0.15, 0.2) is 5.82 Å². The van der Waals surface area contributed by atoms with Crippen LogP contribution >= 0.6 is 0 Å². The van der Waals surface area contributed by atoms with E-state index < -0.39 is 5.82 Å². The number of aromatic nitrogens is 3. The molecule has 4 rings (SSSR count). The minimum absolute atomic E-state index is 0.184. The number of rotatable bonds is 4. The molecule has 1 atom stereocenters. The standard InChI is InChI=1S/C17H19FN4O2/c18-14-8-20-16(21-9-14)22-11-17(12-22)7-15(3-6-24-17)23-10-13-1-4-19-5-2-13/h1-2,4-5,8-9,15H,3,6-7,10-12H2. The van der Waals surface area contributed by atoms with Crippen LogP contribution in [-0.2, 0) is 16.1 Å². The van der Waals surface area contributed by atoms with Crippen molar-refractivity contribution >= 4 is 5.95 Å². The van der Waals surface area contributed by atoms with Crippen molar-refractivity contribution in [2.24, 2.45) is 0 Å². The molecule has 2 aliphatic rings. The highest BCUT2D eigenvalue weighted by atomic mass is 19.1. The average Bonchev–Trinajstić information content (AvgIpc) is 2.60. The molecule has 2 fully saturated rings. The number of nitrogens with zero attached hydrogens (tertiary/aromatic N) is 4. The minimum Gasteiger partial charge on any atom is -0.373 e. The Hall–Kier alpha value is -2.12. The van der Waals surface area contributed by atoms with Crippen molar-refractivity contribution in [3.05, 3.63) is 48.3 Å². The highest BCUT2D eigenvalue weighted by Gasteiger charge is 2.48. The topological polar surface area (TPSA) is 60.4 Å². The van der Waals surface area contributed by atoms with Crippen LogP contribution < -0.4 is 4.90 Å². The molecule has 0 aromatic carbocycles. The summed E-state index contributed by atoms with van der Waals surface area (Å²) in [6, 6.07) is 3.93. The lowest BCUT2D eigenvalue weighted by atomic mass is 9.85. The monoisotopic (exact) mass is 330 g/mol. The number of anilines is 1. The van der Waals surface area contributed by atoms with Crippen LogP contribution in [0.25, 0.3) is 0 Å². The fourth-order valence-corrected chi connectivity index (χ4v) is 3.30. The first kappa shape index (κ1) is 15.4. The molecular weight excluding hydrogens is 311 g/mol. The lowest BCUT2D eigenvalue weighted by Gasteiger charge is -2.52. The summed E-state index contributed by atoms with van der Waals surface area (Å²) in [4.78, 5) is 14.1. The van der Waals surface area contributed by atoms with Gasteiger partial charge in [-0.3, -0.25) is 4.98 Å². The van der Waals surface area contributed by atoms with Gasteiger partial charge in [0, 0.05) is 25.4 Å². The summed E-state index contributed by atoms with van der Waals surface area (Å²) in [7, 11) is 0. The molecule has 0 bridgehead atoms. The molecule has 2 aliphatic heterocycles.